The van der Waals surface area contributed by atoms with Gasteiger partial charge in [0.15, 0.2) is 17.3 Å². The van der Waals surface area contributed by atoms with Crippen LogP contribution in [0.3, 0.4) is 0 Å². The zero-order chi connectivity index (χ0) is 22.1. The molecule has 2 atom stereocenters. The Kier molecular flexibility index (Phi) is 5.14. The van der Waals surface area contributed by atoms with Crippen LogP contribution >= 0.6 is 0 Å². The minimum absolute atomic E-state index is 0.0188. The molecule has 152 valence electrons. The van der Waals surface area contributed by atoms with Gasteiger partial charge in [-0.3, -0.25) is 0 Å². The number of allylic oxidation sites excluding steroid dienone is 2. The molecule has 0 saturated carbocycles. The summed E-state index contributed by atoms with van der Waals surface area (Å²) in [5.41, 5.74) is 4.84. The molecule has 2 aliphatic rings. The summed E-state index contributed by atoms with van der Waals surface area (Å²) in [4.78, 5) is 12.7. The Hall–Kier alpha value is -4.36. The average Bonchev–Trinajstić information content (AvgIpc) is 3.14. The second kappa shape index (κ2) is 7.57. The number of nitrogens with zero attached hydrogens (tertiary/aromatic N) is 3. The van der Waals surface area contributed by atoms with Gasteiger partial charge in [-0.15, -0.1) is 0 Å². The Morgan fingerprint density at radius 2 is 1.83 bits per heavy atom. The van der Waals surface area contributed by atoms with Crippen LogP contribution in [-0.2, 0) is 14.3 Å². The number of hydrogen-bond acceptors (Lipinski definition) is 10. The van der Waals surface area contributed by atoms with Crippen molar-refractivity contribution in [3.8, 4) is 29.7 Å². The number of fused-ring (bicyclic) bond motifs is 1. The summed E-state index contributed by atoms with van der Waals surface area (Å²) >= 11 is 0. The molecule has 0 spiro atoms. The zero-order valence-corrected chi connectivity index (χ0v) is 16.0. The van der Waals surface area contributed by atoms with Crippen molar-refractivity contribution in [2.45, 2.75) is 25.6 Å². The summed E-state index contributed by atoms with van der Waals surface area (Å²) in [6.07, 6.45) is 0. The number of cyclic esters (lactones) is 1. The molecule has 0 bridgehead atoms. The molecule has 0 saturated heterocycles. The number of esters is 1. The highest BCUT2D eigenvalue weighted by Crippen LogP contribution is 2.43. The van der Waals surface area contributed by atoms with Crippen molar-refractivity contribution in [2.24, 2.45) is 11.7 Å². The van der Waals surface area contributed by atoms with E-state index in [1.54, 1.807) is 18.2 Å². The fourth-order valence-corrected chi connectivity index (χ4v) is 3.18. The number of hydrogen-bond donors (Lipinski definition) is 1. The molecule has 10 heteroatoms. The Labute approximate surface area is 171 Å². The maximum Gasteiger partial charge on any atom is 0.337 e. The second-order valence-electron chi connectivity index (χ2n) is 6.84. The standard InChI is InChI=1S/C20H16N4O6/c1-20(2)29-18(25)16(19(26)30-20)15(12(8-23)17(24)11(6-21)7-22)10-3-4-13-14(5-10)28-9-27-13/h3-5,12,15,25H,9,24H2,1-2H3/p-1. The van der Waals surface area contributed by atoms with E-state index < -0.39 is 40.7 Å². The lowest BCUT2D eigenvalue weighted by molar-refractivity contribution is -0.394. The predicted octanol–water partition coefficient (Wildman–Crippen LogP) is 0.780. The molecular formula is C20H15N4O6-. The van der Waals surface area contributed by atoms with Gasteiger partial charge in [-0.2, -0.15) is 15.8 Å². The molecule has 30 heavy (non-hydrogen) atoms. The number of carbonyl (C=O) groups excluding carboxylic acids is 1. The highest BCUT2D eigenvalue weighted by molar-refractivity contribution is 5.91. The zero-order valence-electron chi connectivity index (χ0n) is 16.0. The minimum atomic E-state index is -1.49. The van der Waals surface area contributed by atoms with Crippen LogP contribution in [0.15, 0.2) is 41.0 Å². The van der Waals surface area contributed by atoms with E-state index in [9.17, 15) is 15.2 Å². The van der Waals surface area contributed by atoms with Gasteiger partial charge in [0.1, 0.15) is 17.7 Å². The molecule has 2 unspecified atom stereocenters. The third kappa shape index (κ3) is 3.52. The Morgan fingerprint density at radius 3 is 2.43 bits per heavy atom. The summed E-state index contributed by atoms with van der Waals surface area (Å²) in [5.74, 6) is -5.44. The number of nitriles is 3. The molecule has 0 aliphatic carbocycles. The number of ether oxygens (including phenoxy) is 4. The van der Waals surface area contributed by atoms with E-state index >= 15 is 0 Å². The van der Waals surface area contributed by atoms with Crippen LogP contribution in [0.25, 0.3) is 0 Å². The number of rotatable bonds is 4. The van der Waals surface area contributed by atoms with Gasteiger partial charge in [0, 0.05) is 5.92 Å². The molecule has 0 amide bonds. The monoisotopic (exact) mass is 407 g/mol. The van der Waals surface area contributed by atoms with Gasteiger partial charge in [-0.1, -0.05) is 6.07 Å². The maximum atomic E-state index is 12.7. The lowest BCUT2D eigenvalue weighted by Crippen LogP contribution is -2.42. The minimum Gasteiger partial charge on any atom is -0.575 e. The van der Waals surface area contributed by atoms with Gasteiger partial charge in [-0.05, 0) is 31.5 Å². The van der Waals surface area contributed by atoms with E-state index in [0.717, 1.165) is 0 Å². The fraction of sp³-hybridized carbons (Fsp3) is 0.300. The SMILES string of the molecule is CC1(C)OC(=O)C(C(c2ccc3c(c2)OCO3)C(C#N)C(N)=C(C#N)C#N)=C([O-])O1. The molecule has 2 aliphatic heterocycles. The van der Waals surface area contributed by atoms with Crippen molar-refractivity contribution >= 4 is 5.97 Å². The molecule has 1 aromatic rings. The highest BCUT2D eigenvalue weighted by Gasteiger charge is 2.40. The molecule has 3 rings (SSSR count). The van der Waals surface area contributed by atoms with Crippen molar-refractivity contribution in [3.63, 3.8) is 0 Å². The molecule has 1 aromatic carbocycles. The van der Waals surface area contributed by atoms with Crippen LogP contribution in [0.2, 0.25) is 0 Å². The van der Waals surface area contributed by atoms with Gasteiger partial charge in [0.05, 0.1) is 29.2 Å². The van der Waals surface area contributed by atoms with Crippen molar-refractivity contribution < 1.29 is 28.8 Å². The Bertz CT molecular complexity index is 1080. The van der Waals surface area contributed by atoms with Crippen LogP contribution in [-0.4, -0.2) is 18.5 Å². The molecule has 10 nitrogen and oxygen atoms in total. The first-order valence-electron chi connectivity index (χ1n) is 8.65. The number of nitrogens with two attached hydrogens (primary N) is 1. The van der Waals surface area contributed by atoms with Gasteiger partial charge in [0.2, 0.25) is 6.79 Å². The first-order valence-corrected chi connectivity index (χ1v) is 8.65. The normalized spacial score (nSPS) is 18.0. The number of benzene rings is 1. The van der Waals surface area contributed by atoms with Crippen molar-refractivity contribution in [2.75, 3.05) is 6.79 Å². The van der Waals surface area contributed by atoms with Crippen molar-refractivity contribution in [1.82, 2.24) is 0 Å². The van der Waals surface area contributed by atoms with Crippen LogP contribution in [0, 0.1) is 39.9 Å². The quantitative estimate of drug-likeness (QED) is 0.554. The van der Waals surface area contributed by atoms with Crippen LogP contribution in [0.4, 0.5) is 0 Å². The molecule has 0 radical (unpaired) electrons. The van der Waals surface area contributed by atoms with Gasteiger partial charge in [-0.25, -0.2) is 4.79 Å². The van der Waals surface area contributed by atoms with Gasteiger partial charge in [0.25, 0.3) is 0 Å². The second-order valence-corrected chi connectivity index (χ2v) is 6.84. The van der Waals surface area contributed by atoms with Crippen molar-refractivity contribution in [3.05, 3.63) is 46.6 Å². The van der Waals surface area contributed by atoms with Gasteiger partial charge >= 0.3 is 5.97 Å². The van der Waals surface area contributed by atoms with Crippen LogP contribution in [0.1, 0.15) is 25.3 Å². The lowest BCUT2D eigenvalue weighted by atomic mass is 9.78. The van der Waals surface area contributed by atoms with Crippen molar-refractivity contribution in [1.29, 1.82) is 15.8 Å². The van der Waals surface area contributed by atoms with Crippen LogP contribution < -0.4 is 20.3 Å². The topological polar surface area (TPSA) is 174 Å². The third-order valence-corrected chi connectivity index (χ3v) is 4.50. The fourth-order valence-electron chi connectivity index (χ4n) is 3.18. The van der Waals surface area contributed by atoms with E-state index in [1.807, 2.05) is 6.07 Å². The van der Waals surface area contributed by atoms with E-state index in [0.29, 0.717) is 11.5 Å². The molecule has 2 N–H and O–H groups in total. The van der Waals surface area contributed by atoms with E-state index in [4.69, 9.17) is 35.2 Å². The molecule has 0 fully saturated rings. The summed E-state index contributed by atoms with van der Waals surface area (Å²) in [6.45, 7) is 2.75. The summed E-state index contributed by atoms with van der Waals surface area (Å²) in [7, 11) is 0. The first kappa shape index (κ1) is 20.4. The number of carbonyl (C=O) groups is 1. The molecular weight excluding hydrogens is 392 g/mol. The van der Waals surface area contributed by atoms with Crippen LogP contribution in [0.5, 0.6) is 11.5 Å². The summed E-state index contributed by atoms with van der Waals surface area (Å²) in [6, 6.07) is 9.64. The first-order chi connectivity index (χ1) is 14.2. The largest absolute Gasteiger partial charge is 0.575 e. The molecule has 2 heterocycles. The van der Waals surface area contributed by atoms with E-state index in [2.05, 4.69) is 0 Å². The third-order valence-electron chi connectivity index (χ3n) is 4.50. The average molecular weight is 407 g/mol. The predicted molar refractivity (Wildman–Crippen MR) is 95.1 cm³/mol. The maximum absolute atomic E-state index is 12.7. The Morgan fingerprint density at radius 1 is 1.17 bits per heavy atom. The summed E-state index contributed by atoms with van der Waals surface area (Å²) < 4.78 is 20.9. The Balaban J connectivity index is 2.24. The smallest absolute Gasteiger partial charge is 0.337 e. The van der Waals surface area contributed by atoms with E-state index in [1.165, 1.54) is 26.0 Å². The van der Waals surface area contributed by atoms with E-state index in [-0.39, 0.29) is 18.1 Å². The van der Waals surface area contributed by atoms with Gasteiger partial charge < -0.3 is 29.8 Å². The highest BCUT2D eigenvalue weighted by atomic mass is 16.8. The molecule has 0 aromatic heterocycles. The summed E-state index contributed by atoms with van der Waals surface area (Å²) in [5, 5.41) is 40.8. The lowest BCUT2D eigenvalue weighted by Gasteiger charge is -2.41.